The number of hydrogen-bond acceptors (Lipinski definition) is 4. The van der Waals surface area contributed by atoms with Crippen LogP contribution in [-0.2, 0) is 24.3 Å². The molecule has 0 unspecified atom stereocenters. The van der Waals surface area contributed by atoms with E-state index in [1.807, 2.05) is 37.7 Å². The molecule has 0 saturated carbocycles. The maximum absolute atomic E-state index is 13.1. The fourth-order valence-corrected chi connectivity index (χ4v) is 4.42. The van der Waals surface area contributed by atoms with Crippen LogP contribution in [0.3, 0.4) is 0 Å². The molecule has 0 bridgehead atoms. The van der Waals surface area contributed by atoms with Crippen LogP contribution >= 0.6 is 11.3 Å². The van der Waals surface area contributed by atoms with Gasteiger partial charge in [0.05, 0.1) is 18.3 Å². The van der Waals surface area contributed by atoms with E-state index in [0.29, 0.717) is 6.54 Å². The lowest BCUT2D eigenvalue weighted by molar-refractivity contribution is -0.136. The highest BCUT2D eigenvalue weighted by Crippen LogP contribution is 2.25. The molecule has 4 nitrogen and oxygen atoms in total. The maximum atomic E-state index is 13.1. The van der Waals surface area contributed by atoms with Crippen molar-refractivity contribution in [3.63, 3.8) is 0 Å². The third-order valence-corrected chi connectivity index (χ3v) is 6.06. The Hall–Kier alpha value is -2.50. The summed E-state index contributed by atoms with van der Waals surface area (Å²) in [5, 5.41) is 3.04. The van der Waals surface area contributed by atoms with Crippen molar-refractivity contribution in [2.45, 2.75) is 25.6 Å². The molecule has 1 aliphatic rings. The first-order valence-electron chi connectivity index (χ1n) is 9.13. The molecule has 0 saturated heterocycles. The molecule has 5 heteroatoms. The van der Waals surface area contributed by atoms with Crippen LogP contribution in [0, 0.1) is 0 Å². The van der Waals surface area contributed by atoms with E-state index in [4.69, 9.17) is 4.98 Å². The highest BCUT2D eigenvalue weighted by molar-refractivity contribution is 7.13. The van der Waals surface area contributed by atoms with Gasteiger partial charge in [0.1, 0.15) is 5.01 Å². The summed E-state index contributed by atoms with van der Waals surface area (Å²) < 4.78 is 0. The summed E-state index contributed by atoms with van der Waals surface area (Å²) in [6.07, 6.45) is 0.766. The number of likely N-dealkylation sites (N-methyl/N-ethyl adjacent to an activating group) is 2. The van der Waals surface area contributed by atoms with Crippen molar-refractivity contribution in [2.24, 2.45) is 0 Å². The van der Waals surface area contributed by atoms with Crippen LogP contribution in [0.15, 0.2) is 60.0 Å². The van der Waals surface area contributed by atoms with Gasteiger partial charge >= 0.3 is 0 Å². The Morgan fingerprint density at radius 2 is 1.85 bits per heavy atom. The standard InChI is InChI=1S/C22H23N3OS/c1-24-13-18-11-7-6-10-17(18)12-20(24)22(26)25(2)14-19-15-27-21(23-19)16-8-4-3-5-9-16/h3-11,15,20H,12-14H2,1-2H3/t20-/m0/s1. The fraction of sp³-hybridized carbons (Fsp3) is 0.273. The van der Waals surface area contributed by atoms with Gasteiger partial charge in [0, 0.05) is 24.5 Å². The number of carbonyl (C=O) groups excluding carboxylic acids is 1. The number of thiazole rings is 1. The smallest absolute Gasteiger partial charge is 0.240 e. The molecule has 138 valence electrons. The lowest BCUT2D eigenvalue weighted by Crippen LogP contribution is -2.48. The fourth-order valence-electron chi connectivity index (χ4n) is 3.60. The SMILES string of the molecule is CN(Cc1csc(-c2ccccc2)n1)C(=O)[C@@H]1Cc2ccccc2CN1C. The van der Waals surface area contributed by atoms with Crippen molar-refractivity contribution in [1.29, 1.82) is 0 Å². The van der Waals surface area contributed by atoms with Crippen LogP contribution < -0.4 is 0 Å². The summed E-state index contributed by atoms with van der Waals surface area (Å²) in [6.45, 7) is 1.35. The van der Waals surface area contributed by atoms with Crippen molar-refractivity contribution in [1.82, 2.24) is 14.8 Å². The average molecular weight is 378 g/mol. The van der Waals surface area contributed by atoms with Crippen LogP contribution in [-0.4, -0.2) is 40.8 Å². The Balaban J connectivity index is 1.45. The highest BCUT2D eigenvalue weighted by atomic mass is 32.1. The van der Waals surface area contributed by atoms with Gasteiger partial charge in [-0.25, -0.2) is 4.98 Å². The molecule has 3 aromatic rings. The number of fused-ring (bicyclic) bond motifs is 1. The van der Waals surface area contributed by atoms with Crippen molar-refractivity contribution in [3.05, 3.63) is 76.8 Å². The van der Waals surface area contributed by atoms with E-state index >= 15 is 0 Å². The molecule has 1 aliphatic heterocycles. The quantitative estimate of drug-likeness (QED) is 0.693. The second-order valence-electron chi connectivity index (χ2n) is 7.11. The van der Waals surface area contributed by atoms with Crippen molar-refractivity contribution < 1.29 is 4.79 Å². The van der Waals surface area contributed by atoms with Gasteiger partial charge in [0.2, 0.25) is 5.91 Å². The summed E-state index contributed by atoms with van der Waals surface area (Å²) >= 11 is 1.62. The van der Waals surface area contributed by atoms with E-state index in [1.165, 1.54) is 11.1 Å². The number of benzene rings is 2. The van der Waals surface area contributed by atoms with Crippen molar-refractivity contribution >= 4 is 17.2 Å². The predicted molar refractivity (Wildman–Crippen MR) is 109 cm³/mol. The maximum Gasteiger partial charge on any atom is 0.240 e. The molecule has 1 atom stereocenters. The lowest BCUT2D eigenvalue weighted by atomic mass is 9.94. The Labute approximate surface area is 164 Å². The minimum atomic E-state index is -0.114. The molecule has 1 aromatic heterocycles. The molecular weight excluding hydrogens is 354 g/mol. The van der Waals surface area contributed by atoms with E-state index in [9.17, 15) is 4.79 Å². The summed E-state index contributed by atoms with van der Waals surface area (Å²) in [5.74, 6) is 0.154. The number of amides is 1. The van der Waals surface area contributed by atoms with Gasteiger partial charge < -0.3 is 4.90 Å². The Bertz CT molecular complexity index is 937. The predicted octanol–water partition coefficient (Wildman–Crippen LogP) is 3.83. The number of aromatic nitrogens is 1. The monoisotopic (exact) mass is 377 g/mol. The zero-order valence-electron chi connectivity index (χ0n) is 15.6. The van der Waals surface area contributed by atoms with Gasteiger partial charge in [-0.3, -0.25) is 9.69 Å². The van der Waals surface area contributed by atoms with Gasteiger partial charge in [-0.2, -0.15) is 0 Å². The van der Waals surface area contributed by atoms with Gasteiger partial charge in [-0.15, -0.1) is 11.3 Å². The summed E-state index contributed by atoms with van der Waals surface area (Å²) in [7, 11) is 3.90. The number of carbonyl (C=O) groups is 1. The Morgan fingerprint density at radius 1 is 1.15 bits per heavy atom. The Kier molecular flexibility index (Phi) is 5.05. The topological polar surface area (TPSA) is 36.4 Å². The van der Waals surface area contributed by atoms with Crippen LogP contribution in [0.5, 0.6) is 0 Å². The van der Waals surface area contributed by atoms with Crippen LogP contribution in [0.1, 0.15) is 16.8 Å². The highest BCUT2D eigenvalue weighted by Gasteiger charge is 2.31. The molecule has 4 rings (SSSR count). The summed E-state index contributed by atoms with van der Waals surface area (Å²) in [4.78, 5) is 21.7. The third-order valence-electron chi connectivity index (χ3n) is 5.12. The van der Waals surface area contributed by atoms with Gasteiger partial charge in [0.25, 0.3) is 0 Å². The molecule has 0 fully saturated rings. The summed E-state index contributed by atoms with van der Waals surface area (Å²) in [5.41, 5.74) is 4.65. The minimum absolute atomic E-state index is 0.114. The third kappa shape index (κ3) is 3.80. The largest absolute Gasteiger partial charge is 0.338 e. The van der Waals surface area contributed by atoms with Gasteiger partial charge in [-0.05, 0) is 24.6 Å². The molecular formula is C22H23N3OS. The van der Waals surface area contributed by atoms with E-state index < -0.39 is 0 Å². The molecule has 0 N–H and O–H groups in total. The summed E-state index contributed by atoms with van der Waals surface area (Å²) in [6, 6.07) is 18.4. The molecule has 2 heterocycles. The first-order valence-corrected chi connectivity index (χ1v) is 10.0. The number of nitrogens with zero attached hydrogens (tertiary/aromatic N) is 3. The molecule has 0 spiro atoms. The van der Waals surface area contributed by atoms with E-state index in [1.54, 1.807) is 16.2 Å². The van der Waals surface area contributed by atoms with E-state index in [-0.39, 0.29) is 11.9 Å². The molecule has 0 radical (unpaired) electrons. The number of rotatable bonds is 4. The van der Waals surface area contributed by atoms with Gasteiger partial charge in [-0.1, -0.05) is 54.6 Å². The number of hydrogen-bond donors (Lipinski definition) is 0. The van der Waals surface area contributed by atoms with E-state index in [2.05, 4.69) is 41.3 Å². The molecule has 2 aromatic carbocycles. The van der Waals surface area contributed by atoms with Crippen LogP contribution in [0.25, 0.3) is 10.6 Å². The molecule has 27 heavy (non-hydrogen) atoms. The first kappa shape index (κ1) is 17.9. The second-order valence-corrected chi connectivity index (χ2v) is 7.97. The lowest BCUT2D eigenvalue weighted by Gasteiger charge is -2.35. The van der Waals surface area contributed by atoms with Crippen molar-refractivity contribution in [2.75, 3.05) is 14.1 Å². The van der Waals surface area contributed by atoms with Gasteiger partial charge in [0.15, 0.2) is 0 Å². The zero-order valence-corrected chi connectivity index (χ0v) is 16.4. The minimum Gasteiger partial charge on any atom is -0.338 e. The Morgan fingerprint density at radius 3 is 2.63 bits per heavy atom. The molecule has 0 aliphatic carbocycles. The van der Waals surface area contributed by atoms with Crippen molar-refractivity contribution in [3.8, 4) is 10.6 Å². The normalized spacial score (nSPS) is 16.7. The second kappa shape index (κ2) is 7.62. The van der Waals surface area contributed by atoms with Crippen LogP contribution in [0.4, 0.5) is 0 Å². The zero-order chi connectivity index (χ0) is 18.8. The van der Waals surface area contributed by atoms with Crippen LogP contribution in [0.2, 0.25) is 0 Å². The first-order chi connectivity index (χ1) is 13.1. The average Bonchev–Trinajstić information content (AvgIpc) is 3.16. The van der Waals surface area contributed by atoms with E-state index in [0.717, 1.165) is 29.2 Å². The molecule has 1 amide bonds.